The summed E-state index contributed by atoms with van der Waals surface area (Å²) in [7, 11) is 1.87. The maximum absolute atomic E-state index is 12.8. The molecule has 1 N–H and O–H groups in total. The van der Waals surface area contributed by atoms with Gasteiger partial charge in [-0.2, -0.15) is 0 Å². The lowest BCUT2D eigenvalue weighted by Gasteiger charge is -2.32. The summed E-state index contributed by atoms with van der Waals surface area (Å²) in [6.07, 6.45) is 3.45. The lowest BCUT2D eigenvalue weighted by Crippen LogP contribution is -2.46. The van der Waals surface area contributed by atoms with E-state index in [9.17, 15) is 9.59 Å². The Balaban J connectivity index is 1.36. The van der Waals surface area contributed by atoms with Crippen molar-refractivity contribution in [2.45, 2.75) is 25.8 Å². The quantitative estimate of drug-likeness (QED) is 0.719. The number of hydrogen-bond donors (Lipinski definition) is 1. The third kappa shape index (κ3) is 4.24. The van der Waals surface area contributed by atoms with Crippen molar-refractivity contribution < 1.29 is 9.59 Å². The fraction of sp³-hybridized carbons (Fsp3) is 0.318. The van der Waals surface area contributed by atoms with E-state index in [0.717, 1.165) is 29.1 Å². The molecule has 1 aliphatic heterocycles. The number of piperidine rings is 1. The summed E-state index contributed by atoms with van der Waals surface area (Å²) in [4.78, 5) is 31.7. The van der Waals surface area contributed by atoms with Crippen molar-refractivity contribution in [1.82, 2.24) is 19.8 Å². The molecule has 4 rings (SSSR count). The maximum Gasteiger partial charge on any atom is 0.268 e. The lowest BCUT2D eigenvalue weighted by atomic mass is 10.0. The lowest BCUT2D eigenvalue weighted by molar-refractivity contribution is 0.0697. The molecular formula is C22H24N4O2S. The molecule has 0 atom stereocenters. The normalized spacial score (nSPS) is 14.8. The summed E-state index contributed by atoms with van der Waals surface area (Å²) >= 11 is 1.60. The molecule has 6 nitrogen and oxygen atoms in total. The Hall–Kier alpha value is -2.93. The van der Waals surface area contributed by atoms with E-state index in [4.69, 9.17) is 0 Å². The Morgan fingerprint density at radius 3 is 2.55 bits per heavy atom. The largest absolute Gasteiger partial charge is 0.348 e. The van der Waals surface area contributed by atoms with E-state index in [2.05, 4.69) is 10.3 Å². The van der Waals surface area contributed by atoms with E-state index in [1.165, 1.54) is 0 Å². The van der Waals surface area contributed by atoms with Gasteiger partial charge in [-0.15, -0.1) is 11.3 Å². The summed E-state index contributed by atoms with van der Waals surface area (Å²) in [5.74, 6) is -0.0282. The smallest absolute Gasteiger partial charge is 0.268 e. The van der Waals surface area contributed by atoms with Gasteiger partial charge in [0.25, 0.3) is 11.8 Å². The predicted molar refractivity (Wildman–Crippen MR) is 114 cm³/mol. The van der Waals surface area contributed by atoms with E-state index in [1.807, 2.05) is 71.4 Å². The van der Waals surface area contributed by atoms with Crippen molar-refractivity contribution in [2.24, 2.45) is 7.05 Å². The minimum absolute atomic E-state index is 0.0565. The third-order valence-corrected chi connectivity index (χ3v) is 6.06. The molecule has 2 amide bonds. The first-order valence-corrected chi connectivity index (χ1v) is 10.6. The monoisotopic (exact) mass is 408 g/mol. The molecule has 0 radical (unpaired) electrons. The van der Waals surface area contributed by atoms with Crippen LogP contribution >= 0.6 is 11.3 Å². The number of nitrogens with zero attached hydrogens (tertiary/aromatic N) is 3. The molecule has 2 aromatic heterocycles. The molecule has 7 heteroatoms. The Morgan fingerprint density at radius 2 is 1.90 bits per heavy atom. The second-order valence-electron chi connectivity index (χ2n) is 7.38. The zero-order valence-electron chi connectivity index (χ0n) is 16.6. The van der Waals surface area contributed by atoms with Gasteiger partial charge in [0.15, 0.2) is 0 Å². The molecule has 1 saturated heterocycles. The van der Waals surface area contributed by atoms with Gasteiger partial charge in [-0.25, -0.2) is 4.98 Å². The van der Waals surface area contributed by atoms with Gasteiger partial charge in [0.2, 0.25) is 0 Å². The molecule has 3 aromatic rings. The van der Waals surface area contributed by atoms with Crippen LogP contribution in [0.15, 0.2) is 48.0 Å². The minimum atomic E-state index is -0.0847. The minimum Gasteiger partial charge on any atom is -0.348 e. The van der Waals surface area contributed by atoms with Gasteiger partial charge >= 0.3 is 0 Å². The topological polar surface area (TPSA) is 67.2 Å². The van der Waals surface area contributed by atoms with Crippen LogP contribution in [0.1, 0.15) is 38.7 Å². The van der Waals surface area contributed by atoms with E-state index in [0.29, 0.717) is 24.3 Å². The van der Waals surface area contributed by atoms with Crippen molar-refractivity contribution in [2.75, 3.05) is 13.1 Å². The van der Waals surface area contributed by atoms with E-state index >= 15 is 0 Å². The molecule has 1 fully saturated rings. The Morgan fingerprint density at radius 1 is 1.17 bits per heavy atom. The van der Waals surface area contributed by atoms with Crippen LogP contribution < -0.4 is 5.32 Å². The Labute approximate surface area is 174 Å². The fourth-order valence-corrected chi connectivity index (χ4v) is 4.30. The highest BCUT2D eigenvalue weighted by Crippen LogP contribution is 2.24. The molecule has 1 aliphatic rings. The highest BCUT2D eigenvalue weighted by atomic mass is 32.1. The average Bonchev–Trinajstić information content (AvgIpc) is 3.34. The molecule has 0 unspecified atom stereocenters. The number of nitrogens with one attached hydrogen (secondary N) is 1. The summed E-state index contributed by atoms with van der Waals surface area (Å²) in [5.41, 5.74) is 3.18. The van der Waals surface area contributed by atoms with Crippen LogP contribution in [-0.4, -0.2) is 45.4 Å². The zero-order chi connectivity index (χ0) is 20.4. The van der Waals surface area contributed by atoms with Crippen LogP contribution in [0.3, 0.4) is 0 Å². The van der Waals surface area contributed by atoms with Crippen molar-refractivity contribution >= 4 is 23.2 Å². The van der Waals surface area contributed by atoms with Crippen molar-refractivity contribution in [3.63, 3.8) is 0 Å². The second-order valence-corrected chi connectivity index (χ2v) is 8.44. The molecule has 0 aliphatic carbocycles. The number of aromatic nitrogens is 2. The Kier molecular flexibility index (Phi) is 5.49. The summed E-state index contributed by atoms with van der Waals surface area (Å²) in [5, 5.41) is 6.14. The third-order valence-electron chi connectivity index (χ3n) is 5.29. The Bertz CT molecular complexity index is 1020. The van der Waals surface area contributed by atoms with Crippen LogP contribution in [0.4, 0.5) is 0 Å². The van der Waals surface area contributed by atoms with Gasteiger partial charge < -0.3 is 14.8 Å². The number of benzene rings is 1. The SMILES string of the molecule is Cc1nc(-c2cc(C(=O)NC3CCN(C(=O)c4ccccc4)CC3)n(C)c2)cs1. The van der Waals surface area contributed by atoms with Crippen LogP contribution in [0.2, 0.25) is 0 Å². The molecule has 29 heavy (non-hydrogen) atoms. The first kappa shape index (κ1) is 19.4. The second kappa shape index (κ2) is 8.21. The van der Waals surface area contributed by atoms with Crippen LogP contribution in [0.25, 0.3) is 11.3 Å². The van der Waals surface area contributed by atoms with Gasteiger partial charge in [0.05, 0.1) is 10.7 Å². The highest BCUT2D eigenvalue weighted by Gasteiger charge is 2.25. The van der Waals surface area contributed by atoms with Gasteiger partial charge in [0.1, 0.15) is 5.69 Å². The van der Waals surface area contributed by atoms with Gasteiger partial charge in [0, 0.05) is 48.9 Å². The first-order valence-electron chi connectivity index (χ1n) is 9.75. The van der Waals surface area contributed by atoms with E-state index in [-0.39, 0.29) is 17.9 Å². The highest BCUT2D eigenvalue weighted by molar-refractivity contribution is 7.09. The molecule has 0 bridgehead atoms. The number of carbonyl (C=O) groups excluding carboxylic acids is 2. The van der Waals surface area contributed by atoms with Crippen molar-refractivity contribution in [3.8, 4) is 11.3 Å². The first-order chi connectivity index (χ1) is 14.0. The predicted octanol–water partition coefficient (Wildman–Crippen LogP) is 3.49. The number of carbonyl (C=O) groups is 2. The molecule has 1 aromatic carbocycles. The number of thiazole rings is 1. The number of hydrogen-bond acceptors (Lipinski definition) is 4. The van der Waals surface area contributed by atoms with E-state index in [1.54, 1.807) is 11.3 Å². The van der Waals surface area contributed by atoms with Gasteiger partial charge in [-0.3, -0.25) is 9.59 Å². The van der Waals surface area contributed by atoms with Gasteiger partial charge in [-0.05, 0) is 38.0 Å². The zero-order valence-corrected chi connectivity index (χ0v) is 17.4. The van der Waals surface area contributed by atoms with Crippen LogP contribution in [-0.2, 0) is 7.05 Å². The summed E-state index contributed by atoms with van der Waals surface area (Å²) in [6.45, 7) is 3.27. The molecule has 0 saturated carbocycles. The molecule has 0 spiro atoms. The number of rotatable bonds is 4. The number of amides is 2. The maximum atomic E-state index is 12.8. The van der Waals surface area contributed by atoms with E-state index < -0.39 is 0 Å². The fourth-order valence-electron chi connectivity index (χ4n) is 3.68. The standard InChI is InChI=1S/C22H24N4O2S/c1-15-23-19(14-29-15)17-12-20(25(2)13-17)21(27)24-18-8-10-26(11-9-18)22(28)16-6-4-3-5-7-16/h3-7,12-14,18H,8-11H2,1-2H3,(H,24,27). The van der Waals surface area contributed by atoms with Gasteiger partial charge in [-0.1, -0.05) is 18.2 Å². The van der Waals surface area contributed by atoms with Crippen LogP contribution in [0, 0.1) is 6.92 Å². The van der Waals surface area contributed by atoms with Crippen molar-refractivity contribution in [3.05, 3.63) is 64.2 Å². The number of likely N-dealkylation sites (tertiary alicyclic amines) is 1. The molecule has 150 valence electrons. The van der Waals surface area contributed by atoms with Crippen molar-refractivity contribution in [1.29, 1.82) is 0 Å². The van der Waals surface area contributed by atoms with Crippen LogP contribution in [0.5, 0.6) is 0 Å². The number of aryl methyl sites for hydroxylation is 2. The molecule has 3 heterocycles. The summed E-state index contributed by atoms with van der Waals surface area (Å²) < 4.78 is 1.84. The molecular weight excluding hydrogens is 384 g/mol. The summed E-state index contributed by atoms with van der Waals surface area (Å²) in [6, 6.07) is 11.3. The average molecular weight is 409 g/mol.